The zero-order chi connectivity index (χ0) is 23.7. The SMILES string of the molecule is CCCCCCCCCCCCOc1ccc(C(=S)Oc2ccc(C[C@@H](C)CC)cc2)cc1. The molecule has 0 spiro atoms. The maximum Gasteiger partial charge on any atom is 0.198 e. The van der Waals surface area contributed by atoms with Crippen LogP contribution in [0.1, 0.15) is 103 Å². The van der Waals surface area contributed by atoms with E-state index in [1.165, 1.54) is 69.8 Å². The Morgan fingerprint density at radius 2 is 1.27 bits per heavy atom. The second-order valence-electron chi connectivity index (χ2n) is 9.31. The van der Waals surface area contributed by atoms with Gasteiger partial charge >= 0.3 is 0 Å². The van der Waals surface area contributed by atoms with Crippen molar-refractivity contribution in [2.45, 2.75) is 97.8 Å². The van der Waals surface area contributed by atoms with E-state index in [4.69, 9.17) is 21.7 Å². The summed E-state index contributed by atoms with van der Waals surface area (Å²) in [7, 11) is 0. The number of ether oxygens (including phenoxy) is 2. The van der Waals surface area contributed by atoms with Crippen LogP contribution in [0.15, 0.2) is 48.5 Å². The Morgan fingerprint density at radius 3 is 1.85 bits per heavy atom. The van der Waals surface area contributed by atoms with Gasteiger partial charge in [-0.25, -0.2) is 0 Å². The predicted molar refractivity (Wildman–Crippen MR) is 146 cm³/mol. The van der Waals surface area contributed by atoms with Crippen LogP contribution < -0.4 is 9.47 Å². The van der Waals surface area contributed by atoms with Crippen LogP contribution >= 0.6 is 12.2 Å². The molecular formula is C30H44O2S. The highest BCUT2D eigenvalue weighted by molar-refractivity contribution is 7.80. The first-order valence-corrected chi connectivity index (χ1v) is 13.6. The fourth-order valence-electron chi connectivity index (χ4n) is 3.87. The predicted octanol–water partition coefficient (Wildman–Crippen LogP) is 9.33. The summed E-state index contributed by atoms with van der Waals surface area (Å²) in [6.45, 7) is 7.56. The van der Waals surface area contributed by atoms with Crippen molar-refractivity contribution in [3.63, 3.8) is 0 Å². The third-order valence-electron chi connectivity index (χ3n) is 6.27. The van der Waals surface area contributed by atoms with Crippen LogP contribution in [-0.4, -0.2) is 11.7 Å². The van der Waals surface area contributed by atoms with E-state index in [-0.39, 0.29) is 0 Å². The molecule has 2 aromatic rings. The van der Waals surface area contributed by atoms with Gasteiger partial charge in [-0.2, -0.15) is 0 Å². The third kappa shape index (κ3) is 11.7. The molecule has 182 valence electrons. The van der Waals surface area contributed by atoms with Crippen molar-refractivity contribution in [3.8, 4) is 11.5 Å². The van der Waals surface area contributed by atoms with E-state index in [1.807, 2.05) is 36.4 Å². The molecular weight excluding hydrogens is 424 g/mol. The van der Waals surface area contributed by atoms with Crippen LogP contribution in [-0.2, 0) is 6.42 Å². The average molecular weight is 469 g/mol. The van der Waals surface area contributed by atoms with Crippen molar-refractivity contribution < 1.29 is 9.47 Å². The molecule has 2 nitrogen and oxygen atoms in total. The van der Waals surface area contributed by atoms with E-state index in [2.05, 4.69) is 32.9 Å². The minimum atomic E-state index is 0.492. The molecule has 0 saturated carbocycles. The van der Waals surface area contributed by atoms with Gasteiger partial charge in [0, 0.05) is 5.56 Å². The molecule has 0 amide bonds. The molecule has 2 rings (SSSR count). The molecule has 0 aliphatic rings. The Labute approximate surface area is 208 Å². The van der Waals surface area contributed by atoms with Crippen LogP contribution in [0.25, 0.3) is 0 Å². The summed E-state index contributed by atoms with van der Waals surface area (Å²) in [5.74, 6) is 2.38. The molecule has 0 fully saturated rings. The summed E-state index contributed by atoms with van der Waals surface area (Å²) in [6.07, 6.45) is 15.7. The lowest BCUT2D eigenvalue weighted by molar-refractivity contribution is 0.304. The Hall–Kier alpha value is -1.87. The zero-order valence-corrected chi connectivity index (χ0v) is 21.9. The summed E-state index contributed by atoms with van der Waals surface area (Å²) < 4.78 is 11.8. The van der Waals surface area contributed by atoms with E-state index in [1.54, 1.807) is 0 Å². The standard InChI is InChI=1S/C30H44O2S/c1-4-6-7-8-9-10-11-12-13-14-23-31-28-21-17-27(18-22-28)30(33)32-29-19-15-26(16-20-29)24-25(3)5-2/h15-22,25H,4-14,23-24H2,1-3H3/t25-/m0/s1. The Bertz CT molecular complexity index is 767. The summed E-state index contributed by atoms with van der Waals surface area (Å²) in [5.41, 5.74) is 2.24. The van der Waals surface area contributed by atoms with Crippen LogP contribution in [0.2, 0.25) is 0 Å². The first-order valence-electron chi connectivity index (χ1n) is 13.2. The van der Waals surface area contributed by atoms with Gasteiger partial charge in [-0.15, -0.1) is 0 Å². The number of unbranched alkanes of at least 4 members (excludes halogenated alkanes) is 9. The van der Waals surface area contributed by atoms with Gasteiger partial charge in [-0.3, -0.25) is 0 Å². The van der Waals surface area contributed by atoms with Crippen LogP contribution in [0.4, 0.5) is 0 Å². The van der Waals surface area contributed by atoms with Crippen molar-refractivity contribution in [3.05, 3.63) is 59.7 Å². The summed E-state index contributed by atoms with van der Waals surface area (Å²) in [5, 5.41) is 0.492. The lowest BCUT2D eigenvalue weighted by Crippen LogP contribution is -2.07. The maximum absolute atomic E-state index is 5.90. The average Bonchev–Trinajstić information content (AvgIpc) is 2.84. The van der Waals surface area contributed by atoms with E-state index < -0.39 is 0 Å². The fraction of sp³-hybridized carbons (Fsp3) is 0.567. The van der Waals surface area contributed by atoms with Gasteiger partial charge in [0.1, 0.15) is 11.5 Å². The largest absolute Gasteiger partial charge is 0.494 e. The van der Waals surface area contributed by atoms with Gasteiger partial charge < -0.3 is 9.47 Å². The summed E-state index contributed by atoms with van der Waals surface area (Å²) in [4.78, 5) is 0. The Balaban J connectivity index is 1.61. The van der Waals surface area contributed by atoms with Crippen molar-refractivity contribution in [1.82, 2.24) is 0 Å². The zero-order valence-electron chi connectivity index (χ0n) is 21.1. The molecule has 33 heavy (non-hydrogen) atoms. The third-order valence-corrected chi connectivity index (χ3v) is 6.59. The topological polar surface area (TPSA) is 18.5 Å². The Morgan fingerprint density at radius 1 is 0.727 bits per heavy atom. The lowest BCUT2D eigenvalue weighted by Gasteiger charge is -2.11. The first kappa shape index (κ1) is 27.4. The quantitative estimate of drug-likeness (QED) is 0.170. The normalized spacial score (nSPS) is 11.8. The minimum absolute atomic E-state index is 0.492. The molecule has 0 heterocycles. The second kappa shape index (κ2) is 16.7. The van der Waals surface area contributed by atoms with Gasteiger partial charge in [-0.1, -0.05) is 97.1 Å². The molecule has 0 aromatic heterocycles. The summed E-state index contributed by atoms with van der Waals surface area (Å²) >= 11 is 5.49. The van der Waals surface area contributed by atoms with Gasteiger partial charge in [-0.05, 0) is 72.9 Å². The first-order chi connectivity index (χ1) is 16.1. The second-order valence-corrected chi connectivity index (χ2v) is 9.68. The Kier molecular flexibility index (Phi) is 13.9. The fourth-order valence-corrected chi connectivity index (χ4v) is 4.11. The van der Waals surface area contributed by atoms with Crippen LogP contribution in [0.5, 0.6) is 11.5 Å². The number of benzene rings is 2. The molecule has 0 unspecified atom stereocenters. The van der Waals surface area contributed by atoms with Gasteiger partial charge in [0.2, 0.25) is 0 Å². The maximum atomic E-state index is 5.90. The van der Waals surface area contributed by atoms with Gasteiger partial charge in [0.25, 0.3) is 0 Å². The van der Waals surface area contributed by atoms with E-state index in [0.717, 1.165) is 36.5 Å². The van der Waals surface area contributed by atoms with Gasteiger partial charge in [0.15, 0.2) is 5.05 Å². The smallest absolute Gasteiger partial charge is 0.198 e. The van der Waals surface area contributed by atoms with Crippen LogP contribution in [0.3, 0.4) is 0 Å². The van der Waals surface area contributed by atoms with Crippen molar-refractivity contribution >= 4 is 17.3 Å². The molecule has 0 N–H and O–H groups in total. The molecule has 1 atom stereocenters. The number of hydrogen-bond donors (Lipinski definition) is 0. The number of thiocarbonyl (C=S) groups is 1. The minimum Gasteiger partial charge on any atom is -0.494 e. The highest BCUT2D eigenvalue weighted by Gasteiger charge is 2.06. The molecule has 0 radical (unpaired) electrons. The molecule has 3 heteroatoms. The van der Waals surface area contributed by atoms with E-state index in [9.17, 15) is 0 Å². The van der Waals surface area contributed by atoms with E-state index in [0.29, 0.717) is 11.0 Å². The van der Waals surface area contributed by atoms with Crippen molar-refractivity contribution in [2.24, 2.45) is 5.92 Å². The highest BCUT2D eigenvalue weighted by Crippen LogP contribution is 2.19. The molecule has 0 aliphatic carbocycles. The van der Waals surface area contributed by atoms with Crippen molar-refractivity contribution in [2.75, 3.05) is 6.61 Å². The number of rotatable bonds is 17. The van der Waals surface area contributed by atoms with Gasteiger partial charge in [0.05, 0.1) is 6.61 Å². The summed E-state index contributed by atoms with van der Waals surface area (Å²) in [6, 6.07) is 16.2. The molecule has 0 saturated heterocycles. The molecule has 2 aromatic carbocycles. The number of hydrogen-bond acceptors (Lipinski definition) is 3. The molecule has 0 aliphatic heterocycles. The lowest BCUT2D eigenvalue weighted by atomic mass is 9.99. The van der Waals surface area contributed by atoms with Crippen LogP contribution in [0, 0.1) is 5.92 Å². The van der Waals surface area contributed by atoms with Crippen molar-refractivity contribution in [1.29, 1.82) is 0 Å². The molecule has 0 bridgehead atoms. The highest BCUT2D eigenvalue weighted by atomic mass is 32.1. The van der Waals surface area contributed by atoms with E-state index >= 15 is 0 Å². The monoisotopic (exact) mass is 468 g/mol.